The van der Waals surface area contributed by atoms with Crippen LogP contribution in [-0.4, -0.2) is 64.5 Å². The number of aromatic nitrogens is 2. The monoisotopic (exact) mass is 440 g/mol. The average Bonchev–Trinajstić information content (AvgIpc) is 3.39. The van der Waals surface area contributed by atoms with Crippen molar-refractivity contribution in [2.75, 3.05) is 33.3 Å². The van der Waals surface area contributed by atoms with Crippen molar-refractivity contribution < 1.29 is 9.53 Å². The van der Waals surface area contributed by atoms with Crippen molar-refractivity contribution in [3.8, 4) is 0 Å². The topological polar surface area (TPSA) is 50.1 Å². The Morgan fingerprint density at radius 1 is 1.32 bits per heavy atom. The molecule has 4 rings (SSSR count). The highest BCUT2D eigenvalue weighted by Gasteiger charge is 2.26. The smallest absolute Gasteiger partial charge is 0.274 e. The van der Waals surface area contributed by atoms with E-state index in [1.54, 1.807) is 16.2 Å². The number of fused-ring (bicyclic) bond motifs is 1. The zero-order valence-corrected chi connectivity index (χ0v) is 19.3. The highest BCUT2D eigenvalue weighted by Crippen LogP contribution is 2.23. The van der Waals surface area contributed by atoms with Crippen LogP contribution < -0.4 is 0 Å². The summed E-state index contributed by atoms with van der Waals surface area (Å²) in [6.45, 7) is 6.29. The van der Waals surface area contributed by atoms with E-state index >= 15 is 0 Å². The molecule has 166 valence electrons. The van der Waals surface area contributed by atoms with Gasteiger partial charge in [-0.2, -0.15) is 0 Å². The SMILES string of the molecule is CCCO[C@@H]1CCCN(Cc2c(C(=O)N(C)CCc3ccccc3)nc3sccn23)C1. The third-order valence-electron chi connectivity index (χ3n) is 5.88. The number of hydrogen-bond acceptors (Lipinski definition) is 5. The molecule has 3 heterocycles. The van der Waals surface area contributed by atoms with Gasteiger partial charge in [-0.1, -0.05) is 37.3 Å². The number of benzene rings is 1. The normalized spacial score (nSPS) is 17.3. The summed E-state index contributed by atoms with van der Waals surface area (Å²) in [7, 11) is 1.87. The first-order valence-corrected chi connectivity index (χ1v) is 12.1. The van der Waals surface area contributed by atoms with E-state index in [0.29, 0.717) is 12.2 Å². The van der Waals surface area contributed by atoms with Crippen LogP contribution in [0.4, 0.5) is 0 Å². The fraction of sp³-hybridized carbons (Fsp3) is 0.500. The minimum absolute atomic E-state index is 0.00220. The summed E-state index contributed by atoms with van der Waals surface area (Å²) in [5.74, 6) is -0.00220. The van der Waals surface area contributed by atoms with Crippen LogP contribution in [0.25, 0.3) is 4.96 Å². The molecular weight excluding hydrogens is 408 g/mol. The van der Waals surface area contributed by atoms with Gasteiger partial charge in [-0.05, 0) is 37.8 Å². The van der Waals surface area contributed by atoms with E-state index in [1.165, 1.54) is 5.56 Å². The van der Waals surface area contributed by atoms with Gasteiger partial charge in [0.2, 0.25) is 0 Å². The maximum atomic E-state index is 13.3. The van der Waals surface area contributed by atoms with Crippen LogP contribution in [0.2, 0.25) is 0 Å². The minimum Gasteiger partial charge on any atom is -0.377 e. The Labute approximate surface area is 188 Å². The van der Waals surface area contributed by atoms with Crippen molar-refractivity contribution >= 4 is 22.2 Å². The van der Waals surface area contributed by atoms with Crippen molar-refractivity contribution in [1.29, 1.82) is 0 Å². The van der Waals surface area contributed by atoms with Gasteiger partial charge in [-0.15, -0.1) is 11.3 Å². The Morgan fingerprint density at radius 2 is 2.16 bits per heavy atom. The fourth-order valence-corrected chi connectivity index (χ4v) is 4.90. The van der Waals surface area contributed by atoms with Gasteiger partial charge in [-0.25, -0.2) is 4.98 Å². The summed E-state index contributed by atoms with van der Waals surface area (Å²) in [5.41, 5.74) is 2.81. The first-order valence-electron chi connectivity index (χ1n) is 11.2. The molecule has 0 aliphatic carbocycles. The van der Waals surface area contributed by atoms with E-state index in [0.717, 1.165) is 62.6 Å². The second-order valence-electron chi connectivity index (χ2n) is 8.30. The zero-order valence-electron chi connectivity index (χ0n) is 18.5. The van der Waals surface area contributed by atoms with Gasteiger partial charge in [0.1, 0.15) is 0 Å². The molecule has 0 radical (unpaired) electrons. The summed E-state index contributed by atoms with van der Waals surface area (Å²) in [6.07, 6.45) is 6.43. The molecule has 0 saturated carbocycles. The number of likely N-dealkylation sites (N-methyl/N-ethyl adjacent to an activating group) is 1. The molecule has 0 bridgehead atoms. The number of rotatable bonds is 9. The Bertz CT molecular complexity index is 984. The van der Waals surface area contributed by atoms with Crippen molar-refractivity contribution in [2.45, 2.75) is 45.3 Å². The fourth-order valence-electron chi connectivity index (χ4n) is 4.17. The van der Waals surface area contributed by atoms with Gasteiger partial charge in [-0.3, -0.25) is 14.1 Å². The summed E-state index contributed by atoms with van der Waals surface area (Å²) in [4.78, 5) is 23.1. The molecular formula is C24H32N4O2S. The number of nitrogens with zero attached hydrogens (tertiary/aromatic N) is 4. The van der Waals surface area contributed by atoms with Crippen LogP contribution in [-0.2, 0) is 17.7 Å². The number of amides is 1. The third kappa shape index (κ3) is 5.34. The number of hydrogen-bond donors (Lipinski definition) is 0. The molecule has 6 nitrogen and oxygen atoms in total. The van der Waals surface area contributed by atoms with Crippen LogP contribution in [0.15, 0.2) is 41.9 Å². The maximum absolute atomic E-state index is 13.3. The molecule has 1 fully saturated rings. The van der Waals surface area contributed by atoms with E-state index < -0.39 is 0 Å². The van der Waals surface area contributed by atoms with E-state index in [1.807, 2.05) is 36.8 Å². The van der Waals surface area contributed by atoms with Crippen molar-refractivity contribution in [3.63, 3.8) is 0 Å². The van der Waals surface area contributed by atoms with E-state index in [2.05, 4.69) is 28.4 Å². The molecule has 31 heavy (non-hydrogen) atoms. The Kier molecular flexibility index (Phi) is 7.37. The molecule has 1 aliphatic rings. The van der Waals surface area contributed by atoms with Crippen LogP contribution in [0, 0.1) is 0 Å². The van der Waals surface area contributed by atoms with Gasteiger partial charge >= 0.3 is 0 Å². The predicted octanol–water partition coefficient (Wildman–Crippen LogP) is 4.10. The number of carbonyl (C=O) groups is 1. The van der Waals surface area contributed by atoms with E-state index in [4.69, 9.17) is 9.72 Å². The second-order valence-corrected chi connectivity index (χ2v) is 9.17. The highest BCUT2D eigenvalue weighted by molar-refractivity contribution is 7.15. The lowest BCUT2D eigenvalue weighted by atomic mass is 10.1. The van der Waals surface area contributed by atoms with Gasteiger partial charge < -0.3 is 9.64 Å². The van der Waals surface area contributed by atoms with Crippen LogP contribution in [0.5, 0.6) is 0 Å². The number of carbonyl (C=O) groups excluding carboxylic acids is 1. The lowest BCUT2D eigenvalue weighted by Crippen LogP contribution is -2.40. The number of piperidine rings is 1. The van der Waals surface area contributed by atoms with Gasteiger partial charge in [0.15, 0.2) is 10.7 Å². The number of likely N-dealkylation sites (tertiary alicyclic amines) is 1. The summed E-state index contributed by atoms with van der Waals surface area (Å²) in [5, 5.41) is 2.03. The average molecular weight is 441 g/mol. The first kappa shape index (κ1) is 22.0. The Balaban J connectivity index is 1.47. The van der Waals surface area contributed by atoms with Gasteiger partial charge in [0.05, 0.1) is 11.8 Å². The van der Waals surface area contributed by atoms with E-state index in [9.17, 15) is 4.79 Å². The molecule has 1 atom stereocenters. The largest absolute Gasteiger partial charge is 0.377 e. The van der Waals surface area contributed by atoms with Crippen LogP contribution in [0.3, 0.4) is 0 Å². The quantitative estimate of drug-likeness (QED) is 0.503. The zero-order chi connectivity index (χ0) is 21.6. The van der Waals surface area contributed by atoms with E-state index in [-0.39, 0.29) is 12.0 Å². The standard InChI is InChI=1S/C24H32N4O2S/c1-3-15-30-20-10-7-12-27(17-20)18-21-22(25-24-28(21)14-16-31-24)23(29)26(2)13-11-19-8-5-4-6-9-19/h4-6,8-9,14,16,20H,3,7,10-13,15,17-18H2,1-2H3/t20-/m1/s1. The lowest BCUT2D eigenvalue weighted by molar-refractivity contribution is -0.00264. The molecule has 1 aromatic carbocycles. The van der Waals surface area contributed by atoms with Crippen LogP contribution >= 0.6 is 11.3 Å². The number of thiazole rings is 1. The third-order valence-corrected chi connectivity index (χ3v) is 6.64. The van der Waals surface area contributed by atoms with Crippen molar-refractivity contribution in [2.24, 2.45) is 0 Å². The second kappa shape index (κ2) is 10.4. The molecule has 2 aromatic heterocycles. The van der Waals surface area contributed by atoms with Crippen molar-refractivity contribution in [3.05, 3.63) is 58.9 Å². The lowest BCUT2D eigenvalue weighted by Gasteiger charge is -2.32. The molecule has 1 amide bonds. The molecule has 0 unspecified atom stereocenters. The summed E-state index contributed by atoms with van der Waals surface area (Å²) < 4.78 is 8.09. The highest BCUT2D eigenvalue weighted by atomic mass is 32.1. The minimum atomic E-state index is -0.00220. The Hall–Kier alpha value is -2.22. The molecule has 0 spiro atoms. The first-order chi connectivity index (χ1) is 15.2. The molecule has 1 aliphatic heterocycles. The summed E-state index contributed by atoms with van der Waals surface area (Å²) in [6, 6.07) is 10.3. The molecule has 0 N–H and O–H groups in total. The molecule has 3 aromatic rings. The van der Waals surface area contributed by atoms with Crippen LogP contribution in [0.1, 0.15) is 47.9 Å². The Morgan fingerprint density at radius 3 is 2.97 bits per heavy atom. The van der Waals surface area contributed by atoms with Gasteiger partial charge in [0, 0.05) is 44.9 Å². The number of ether oxygens (including phenoxy) is 1. The molecule has 1 saturated heterocycles. The molecule has 7 heteroatoms. The predicted molar refractivity (Wildman–Crippen MR) is 125 cm³/mol. The summed E-state index contributed by atoms with van der Waals surface area (Å²) >= 11 is 1.57. The van der Waals surface area contributed by atoms with Crippen molar-refractivity contribution in [1.82, 2.24) is 19.2 Å². The number of imidazole rings is 1. The maximum Gasteiger partial charge on any atom is 0.274 e. The van der Waals surface area contributed by atoms with Gasteiger partial charge in [0.25, 0.3) is 5.91 Å².